The summed E-state index contributed by atoms with van der Waals surface area (Å²) in [5.74, 6) is -0.297. The second-order valence-electron chi connectivity index (χ2n) is 4.00. The SMILES string of the molecule is [CH2-]C(=O)NCCOCCOCCOCCOCCOCC.[K+]. The van der Waals surface area contributed by atoms with Crippen LogP contribution in [0.2, 0.25) is 0 Å². The topological polar surface area (TPSA) is 75.3 Å². The van der Waals surface area contributed by atoms with Crippen LogP contribution >= 0.6 is 0 Å². The van der Waals surface area contributed by atoms with Gasteiger partial charge in [0, 0.05) is 13.2 Å². The Balaban J connectivity index is 0. The average Bonchev–Trinajstić information content (AvgIpc) is 2.46. The maximum atomic E-state index is 10.5. The van der Waals surface area contributed by atoms with Gasteiger partial charge in [-0.05, 0) is 6.92 Å². The average molecular weight is 345 g/mol. The smallest absolute Gasteiger partial charge is 0.379 e. The maximum absolute atomic E-state index is 10.5. The van der Waals surface area contributed by atoms with Gasteiger partial charge in [0.05, 0.1) is 65.4 Å². The fourth-order valence-electron chi connectivity index (χ4n) is 1.29. The van der Waals surface area contributed by atoms with E-state index in [4.69, 9.17) is 23.7 Å². The van der Waals surface area contributed by atoms with Crippen LogP contribution in [-0.2, 0) is 28.5 Å². The number of hydrogen-bond acceptors (Lipinski definition) is 6. The Morgan fingerprint density at radius 1 is 0.773 bits per heavy atom. The first-order valence-corrected chi connectivity index (χ1v) is 7.26. The van der Waals surface area contributed by atoms with Crippen molar-refractivity contribution in [2.75, 3.05) is 72.6 Å². The van der Waals surface area contributed by atoms with E-state index in [1.54, 1.807) is 0 Å². The van der Waals surface area contributed by atoms with Crippen molar-refractivity contribution < 1.29 is 79.9 Å². The number of carbonyl (C=O) groups is 1. The Bertz CT molecular complexity index is 233. The van der Waals surface area contributed by atoms with Gasteiger partial charge in [0.2, 0.25) is 0 Å². The van der Waals surface area contributed by atoms with Gasteiger partial charge in [-0.1, -0.05) is 0 Å². The molecule has 0 aliphatic heterocycles. The minimum absolute atomic E-state index is 0. The van der Waals surface area contributed by atoms with Crippen LogP contribution in [0, 0.1) is 6.92 Å². The summed E-state index contributed by atoms with van der Waals surface area (Å²) in [5.41, 5.74) is 0. The molecular formula is C14H28KNO6. The van der Waals surface area contributed by atoms with Crippen molar-refractivity contribution in [3.63, 3.8) is 0 Å². The first kappa shape index (κ1) is 25.0. The van der Waals surface area contributed by atoms with E-state index in [0.717, 1.165) is 0 Å². The Morgan fingerprint density at radius 2 is 1.14 bits per heavy atom. The predicted molar refractivity (Wildman–Crippen MR) is 78.1 cm³/mol. The normalized spacial score (nSPS) is 10.2. The van der Waals surface area contributed by atoms with Crippen LogP contribution < -0.4 is 56.7 Å². The Labute approximate surface area is 176 Å². The van der Waals surface area contributed by atoms with E-state index >= 15 is 0 Å². The molecule has 0 aliphatic rings. The maximum Gasteiger partial charge on any atom is 1.00 e. The standard InChI is InChI=1S/C14H28NO6.K/c1-3-17-6-7-19-10-11-21-13-12-20-9-8-18-5-4-15-14(2)16;/h2-13H2,1H3,(H,15,16);/q-1;+1. The molecule has 126 valence electrons. The third-order valence-electron chi connectivity index (χ3n) is 2.26. The van der Waals surface area contributed by atoms with E-state index < -0.39 is 0 Å². The van der Waals surface area contributed by atoms with Crippen molar-refractivity contribution in [2.24, 2.45) is 0 Å². The molecule has 1 amide bonds. The molecule has 0 aromatic rings. The molecule has 0 bridgehead atoms. The van der Waals surface area contributed by atoms with Gasteiger partial charge in [-0.25, -0.2) is 0 Å². The molecule has 0 spiro atoms. The van der Waals surface area contributed by atoms with Crippen molar-refractivity contribution in [3.8, 4) is 0 Å². The first-order chi connectivity index (χ1) is 10.3. The van der Waals surface area contributed by atoms with E-state index in [-0.39, 0.29) is 57.3 Å². The predicted octanol–water partition coefficient (Wildman–Crippen LogP) is -2.96. The number of amides is 1. The van der Waals surface area contributed by atoms with E-state index in [0.29, 0.717) is 72.6 Å². The monoisotopic (exact) mass is 345 g/mol. The van der Waals surface area contributed by atoms with Crippen molar-refractivity contribution in [2.45, 2.75) is 6.92 Å². The molecule has 0 aromatic carbocycles. The van der Waals surface area contributed by atoms with E-state index in [1.807, 2.05) is 6.92 Å². The summed E-state index contributed by atoms with van der Waals surface area (Å²) in [5, 5.41) is 2.54. The van der Waals surface area contributed by atoms with Gasteiger partial charge in [0.15, 0.2) is 0 Å². The van der Waals surface area contributed by atoms with Crippen LogP contribution in [-0.4, -0.2) is 78.5 Å². The summed E-state index contributed by atoms with van der Waals surface area (Å²) in [6, 6.07) is 0. The summed E-state index contributed by atoms with van der Waals surface area (Å²) >= 11 is 0. The Morgan fingerprint density at radius 3 is 1.50 bits per heavy atom. The fraction of sp³-hybridized carbons (Fsp3) is 0.857. The molecule has 0 unspecified atom stereocenters. The number of nitrogens with one attached hydrogen (secondary N) is 1. The van der Waals surface area contributed by atoms with Crippen LogP contribution in [0.15, 0.2) is 0 Å². The third-order valence-corrected chi connectivity index (χ3v) is 2.26. The van der Waals surface area contributed by atoms with Gasteiger partial charge >= 0.3 is 51.4 Å². The van der Waals surface area contributed by atoms with Crippen LogP contribution in [0.25, 0.3) is 0 Å². The number of hydrogen-bond donors (Lipinski definition) is 1. The van der Waals surface area contributed by atoms with Gasteiger partial charge < -0.3 is 40.7 Å². The van der Waals surface area contributed by atoms with E-state index in [9.17, 15) is 4.79 Å². The fourth-order valence-corrected chi connectivity index (χ4v) is 1.29. The first-order valence-electron chi connectivity index (χ1n) is 7.26. The zero-order chi connectivity index (χ0) is 15.6. The molecule has 0 radical (unpaired) electrons. The van der Waals surface area contributed by atoms with E-state index in [1.165, 1.54) is 0 Å². The zero-order valence-electron chi connectivity index (χ0n) is 13.9. The number of ether oxygens (including phenoxy) is 5. The van der Waals surface area contributed by atoms with Crippen LogP contribution in [0.1, 0.15) is 6.92 Å². The molecule has 0 saturated heterocycles. The van der Waals surface area contributed by atoms with E-state index in [2.05, 4.69) is 12.2 Å². The van der Waals surface area contributed by atoms with Gasteiger partial charge in [-0.3, -0.25) is 0 Å². The van der Waals surface area contributed by atoms with Crippen LogP contribution in [0.4, 0.5) is 0 Å². The van der Waals surface area contributed by atoms with Crippen molar-refractivity contribution in [1.82, 2.24) is 5.32 Å². The molecule has 0 atom stereocenters. The third kappa shape index (κ3) is 23.0. The molecule has 8 heteroatoms. The molecule has 0 heterocycles. The van der Waals surface area contributed by atoms with Crippen molar-refractivity contribution in [1.29, 1.82) is 0 Å². The molecule has 0 rings (SSSR count). The Hall–Kier alpha value is 0.776. The molecular weight excluding hydrogens is 317 g/mol. The van der Waals surface area contributed by atoms with Gasteiger partial charge in [-0.15, -0.1) is 0 Å². The second kappa shape index (κ2) is 21.8. The van der Waals surface area contributed by atoms with Gasteiger partial charge in [0.25, 0.3) is 0 Å². The summed E-state index contributed by atoms with van der Waals surface area (Å²) in [6.07, 6.45) is 0. The molecule has 0 saturated carbocycles. The molecule has 22 heavy (non-hydrogen) atoms. The van der Waals surface area contributed by atoms with Gasteiger partial charge in [0.1, 0.15) is 0 Å². The molecule has 0 aliphatic carbocycles. The van der Waals surface area contributed by atoms with Crippen LogP contribution in [0.5, 0.6) is 0 Å². The summed E-state index contributed by atoms with van der Waals surface area (Å²) in [6.45, 7) is 11.2. The van der Waals surface area contributed by atoms with Crippen molar-refractivity contribution in [3.05, 3.63) is 6.92 Å². The zero-order valence-corrected chi connectivity index (χ0v) is 17.1. The second-order valence-corrected chi connectivity index (χ2v) is 4.00. The molecule has 7 nitrogen and oxygen atoms in total. The summed E-state index contributed by atoms with van der Waals surface area (Å²) in [7, 11) is 0. The largest absolute Gasteiger partial charge is 1.00 e. The number of rotatable bonds is 16. The summed E-state index contributed by atoms with van der Waals surface area (Å²) < 4.78 is 26.3. The molecule has 0 fully saturated rings. The minimum Gasteiger partial charge on any atom is -0.379 e. The molecule has 0 aromatic heterocycles. The number of carbonyl (C=O) groups excluding carboxylic acids is 1. The molecule has 1 N–H and O–H groups in total. The van der Waals surface area contributed by atoms with Crippen molar-refractivity contribution >= 4 is 5.91 Å². The van der Waals surface area contributed by atoms with Gasteiger partial charge in [-0.2, -0.15) is 0 Å². The minimum atomic E-state index is -0.297. The quantitative estimate of drug-likeness (QED) is 0.183. The summed E-state index contributed by atoms with van der Waals surface area (Å²) in [4.78, 5) is 10.5. The van der Waals surface area contributed by atoms with Crippen LogP contribution in [0.3, 0.4) is 0 Å². The Kier molecular flexibility index (Phi) is 24.8.